The molecule has 1 aliphatic rings. The standard InChI is InChI=1S/C12H14ClF3N2/c13-8-1-2-11(10(7-8)12(14,15)16)18-5-3-9(17)4-6-18/h1-2,7,9H,3-6,17H2. The Balaban J connectivity index is 2.32. The van der Waals surface area contributed by atoms with Crippen molar-refractivity contribution in [2.75, 3.05) is 18.0 Å². The number of nitrogens with zero attached hydrogens (tertiary/aromatic N) is 1. The molecule has 1 aliphatic heterocycles. The van der Waals surface area contributed by atoms with Gasteiger partial charge in [-0.05, 0) is 31.0 Å². The van der Waals surface area contributed by atoms with Gasteiger partial charge in [-0.3, -0.25) is 0 Å². The van der Waals surface area contributed by atoms with Crippen LogP contribution in [0.2, 0.25) is 5.02 Å². The minimum atomic E-state index is -4.39. The van der Waals surface area contributed by atoms with Crippen LogP contribution in [0, 0.1) is 0 Å². The molecule has 0 bridgehead atoms. The van der Waals surface area contributed by atoms with Gasteiger partial charge in [0.2, 0.25) is 0 Å². The zero-order valence-electron chi connectivity index (χ0n) is 9.67. The molecule has 2 rings (SSSR count). The average molecular weight is 279 g/mol. The highest BCUT2D eigenvalue weighted by Crippen LogP contribution is 2.38. The highest BCUT2D eigenvalue weighted by atomic mass is 35.5. The second kappa shape index (κ2) is 4.97. The first kappa shape index (κ1) is 13.5. The normalized spacial score (nSPS) is 18.2. The van der Waals surface area contributed by atoms with Crippen molar-refractivity contribution in [2.45, 2.75) is 25.1 Å². The van der Waals surface area contributed by atoms with Crippen LogP contribution in [0.3, 0.4) is 0 Å². The lowest BCUT2D eigenvalue weighted by atomic mass is 10.0. The number of rotatable bonds is 1. The summed E-state index contributed by atoms with van der Waals surface area (Å²) in [5.74, 6) is 0. The van der Waals surface area contributed by atoms with E-state index in [-0.39, 0.29) is 16.8 Å². The zero-order chi connectivity index (χ0) is 13.3. The summed E-state index contributed by atoms with van der Waals surface area (Å²) in [4.78, 5) is 1.72. The van der Waals surface area contributed by atoms with E-state index in [9.17, 15) is 13.2 Å². The van der Waals surface area contributed by atoms with Gasteiger partial charge in [-0.1, -0.05) is 11.6 Å². The molecule has 18 heavy (non-hydrogen) atoms. The molecule has 1 fully saturated rings. The molecular formula is C12H14ClF3N2. The third kappa shape index (κ3) is 2.90. The van der Waals surface area contributed by atoms with Gasteiger partial charge in [-0.25, -0.2) is 0 Å². The van der Waals surface area contributed by atoms with E-state index in [1.165, 1.54) is 12.1 Å². The Hall–Kier alpha value is -0.940. The quantitative estimate of drug-likeness (QED) is 0.854. The van der Waals surface area contributed by atoms with Crippen molar-refractivity contribution in [2.24, 2.45) is 5.73 Å². The van der Waals surface area contributed by atoms with Crippen molar-refractivity contribution in [3.05, 3.63) is 28.8 Å². The largest absolute Gasteiger partial charge is 0.418 e. The van der Waals surface area contributed by atoms with Crippen LogP contribution in [0.5, 0.6) is 0 Å². The number of hydrogen-bond acceptors (Lipinski definition) is 2. The summed E-state index contributed by atoms with van der Waals surface area (Å²) in [6, 6.07) is 3.98. The van der Waals surface area contributed by atoms with E-state index in [4.69, 9.17) is 17.3 Å². The molecule has 1 heterocycles. The average Bonchev–Trinajstić information content (AvgIpc) is 2.29. The minimum absolute atomic E-state index is 0.0860. The third-order valence-corrected chi connectivity index (χ3v) is 3.38. The van der Waals surface area contributed by atoms with Gasteiger partial charge in [0.05, 0.1) is 5.56 Å². The van der Waals surface area contributed by atoms with E-state index in [1.54, 1.807) is 4.90 Å². The van der Waals surface area contributed by atoms with Gasteiger partial charge in [-0.15, -0.1) is 0 Å². The highest BCUT2D eigenvalue weighted by Gasteiger charge is 2.35. The fourth-order valence-electron chi connectivity index (χ4n) is 2.15. The van der Waals surface area contributed by atoms with Crippen molar-refractivity contribution in [1.82, 2.24) is 0 Å². The Morgan fingerprint density at radius 2 is 1.83 bits per heavy atom. The van der Waals surface area contributed by atoms with E-state index in [0.717, 1.165) is 6.07 Å². The first-order valence-corrected chi connectivity index (χ1v) is 6.13. The summed E-state index contributed by atoms with van der Waals surface area (Å²) >= 11 is 5.65. The third-order valence-electron chi connectivity index (χ3n) is 3.14. The summed E-state index contributed by atoms with van der Waals surface area (Å²) in [6.45, 7) is 1.09. The summed E-state index contributed by atoms with van der Waals surface area (Å²) in [7, 11) is 0. The van der Waals surface area contributed by atoms with Gasteiger partial charge in [0.15, 0.2) is 0 Å². The van der Waals surface area contributed by atoms with Crippen LogP contribution in [0.25, 0.3) is 0 Å². The lowest BCUT2D eigenvalue weighted by Crippen LogP contribution is -2.40. The smallest absolute Gasteiger partial charge is 0.371 e. The first-order chi connectivity index (χ1) is 8.38. The maximum absolute atomic E-state index is 13.0. The van der Waals surface area contributed by atoms with Crippen LogP contribution in [-0.2, 0) is 6.18 Å². The number of anilines is 1. The Labute approximate surface area is 109 Å². The molecule has 2 N–H and O–H groups in total. The molecule has 0 saturated carbocycles. The van der Waals surface area contributed by atoms with Crippen molar-refractivity contribution in [3.63, 3.8) is 0 Å². The molecule has 0 aliphatic carbocycles. The van der Waals surface area contributed by atoms with E-state index in [2.05, 4.69) is 0 Å². The van der Waals surface area contributed by atoms with Crippen LogP contribution in [0.15, 0.2) is 18.2 Å². The Bertz CT molecular complexity index is 426. The number of hydrogen-bond donors (Lipinski definition) is 1. The Morgan fingerprint density at radius 1 is 1.22 bits per heavy atom. The second-order valence-electron chi connectivity index (χ2n) is 4.48. The number of piperidine rings is 1. The maximum atomic E-state index is 13.0. The van der Waals surface area contributed by atoms with Gasteiger partial charge in [-0.2, -0.15) is 13.2 Å². The molecule has 6 heteroatoms. The molecule has 100 valence electrons. The van der Waals surface area contributed by atoms with Crippen LogP contribution in [0.4, 0.5) is 18.9 Å². The lowest BCUT2D eigenvalue weighted by molar-refractivity contribution is -0.137. The topological polar surface area (TPSA) is 29.3 Å². The minimum Gasteiger partial charge on any atom is -0.371 e. The molecule has 2 nitrogen and oxygen atoms in total. The SMILES string of the molecule is NC1CCN(c2ccc(Cl)cc2C(F)(F)F)CC1. The summed E-state index contributed by atoms with van der Waals surface area (Å²) in [5.41, 5.74) is 5.27. The summed E-state index contributed by atoms with van der Waals surface area (Å²) < 4.78 is 38.9. The van der Waals surface area contributed by atoms with Crippen molar-refractivity contribution >= 4 is 17.3 Å². The van der Waals surface area contributed by atoms with Gasteiger partial charge < -0.3 is 10.6 Å². The van der Waals surface area contributed by atoms with E-state index >= 15 is 0 Å². The molecule has 0 radical (unpaired) electrons. The fourth-order valence-corrected chi connectivity index (χ4v) is 2.32. The predicted molar refractivity (Wildman–Crippen MR) is 65.9 cm³/mol. The molecule has 0 unspecified atom stereocenters. The van der Waals surface area contributed by atoms with Crippen LogP contribution < -0.4 is 10.6 Å². The van der Waals surface area contributed by atoms with Crippen LogP contribution in [-0.4, -0.2) is 19.1 Å². The second-order valence-corrected chi connectivity index (χ2v) is 4.92. The molecule has 0 spiro atoms. The van der Waals surface area contributed by atoms with Crippen molar-refractivity contribution in [3.8, 4) is 0 Å². The number of nitrogens with two attached hydrogens (primary N) is 1. The van der Waals surface area contributed by atoms with Crippen LogP contribution >= 0.6 is 11.6 Å². The van der Waals surface area contributed by atoms with E-state index in [0.29, 0.717) is 25.9 Å². The molecule has 1 aromatic carbocycles. The van der Waals surface area contributed by atoms with Crippen molar-refractivity contribution in [1.29, 1.82) is 0 Å². The number of benzene rings is 1. The Morgan fingerprint density at radius 3 is 2.39 bits per heavy atom. The lowest BCUT2D eigenvalue weighted by Gasteiger charge is -2.33. The molecule has 0 atom stereocenters. The summed E-state index contributed by atoms with van der Waals surface area (Å²) in [6.07, 6.45) is -2.97. The molecule has 0 aromatic heterocycles. The van der Waals surface area contributed by atoms with Crippen molar-refractivity contribution < 1.29 is 13.2 Å². The number of halogens is 4. The van der Waals surface area contributed by atoms with Gasteiger partial charge in [0.25, 0.3) is 0 Å². The molecular weight excluding hydrogens is 265 g/mol. The highest BCUT2D eigenvalue weighted by molar-refractivity contribution is 6.30. The number of alkyl halides is 3. The van der Waals surface area contributed by atoms with E-state index < -0.39 is 11.7 Å². The zero-order valence-corrected chi connectivity index (χ0v) is 10.4. The van der Waals surface area contributed by atoms with E-state index in [1.807, 2.05) is 0 Å². The molecule has 1 saturated heterocycles. The summed E-state index contributed by atoms with van der Waals surface area (Å²) in [5, 5.41) is 0.0970. The maximum Gasteiger partial charge on any atom is 0.418 e. The van der Waals surface area contributed by atoms with Gasteiger partial charge in [0.1, 0.15) is 0 Å². The Kier molecular flexibility index (Phi) is 3.73. The first-order valence-electron chi connectivity index (χ1n) is 5.75. The predicted octanol–water partition coefficient (Wildman–Crippen LogP) is 3.29. The monoisotopic (exact) mass is 278 g/mol. The van der Waals surface area contributed by atoms with Gasteiger partial charge in [0, 0.05) is 29.8 Å². The fraction of sp³-hybridized carbons (Fsp3) is 0.500. The van der Waals surface area contributed by atoms with Gasteiger partial charge >= 0.3 is 6.18 Å². The molecule has 0 amide bonds. The molecule has 1 aromatic rings. The van der Waals surface area contributed by atoms with Crippen LogP contribution in [0.1, 0.15) is 18.4 Å².